The topological polar surface area (TPSA) is 36.9 Å². The molecule has 0 aromatic rings. The van der Waals surface area contributed by atoms with Gasteiger partial charge < -0.3 is 18.9 Å². The van der Waals surface area contributed by atoms with Crippen LogP contribution in [0.4, 0.5) is 0 Å². The molecule has 4 nitrogen and oxygen atoms in total. The number of hydrogen-bond acceptors (Lipinski definition) is 4. The number of unbranched alkanes of at least 4 members (excludes halogenated alkanes) is 1. The Kier molecular flexibility index (Phi) is 14.7. The molecule has 0 atom stereocenters. The molecule has 4 heteroatoms. The Bertz CT molecular complexity index is 106. The van der Waals surface area contributed by atoms with E-state index < -0.39 is 0 Å². The summed E-state index contributed by atoms with van der Waals surface area (Å²) in [4.78, 5) is 0. The third-order valence-corrected chi connectivity index (χ3v) is 2.10. The van der Waals surface area contributed by atoms with Gasteiger partial charge in [-0.3, -0.25) is 0 Å². The Balaban J connectivity index is 2.83. The van der Waals surface area contributed by atoms with Gasteiger partial charge in [0.05, 0.1) is 0 Å². The SMILES string of the molecule is COCCCOCCCCOCCCOC. The van der Waals surface area contributed by atoms with Gasteiger partial charge in [-0.1, -0.05) is 0 Å². The zero-order valence-corrected chi connectivity index (χ0v) is 10.7. The highest BCUT2D eigenvalue weighted by Crippen LogP contribution is 1.94. The summed E-state index contributed by atoms with van der Waals surface area (Å²) in [6.07, 6.45) is 4.09. The number of ether oxygens (including phenoxy) is 4. The van der Waals surface area contributed by atoms with Gasteiger partial charge in [-0.15, -0.1) is 0 Å². The highest BCUT2D eigenvalue weighted by atomic mass is 16.5. The molecule has 16 heavy (non-hydrogen) atoms. The zero-order chi connectivity index (χ0) is 11.9. The van der Waals surface area contributed by atoms with E-state index >= 15 is 0 Å². The Morgan fingerprint density at radius 2 is 0.875 bits per heavy atom. The molecule has 0 bridgehead atoms. The summed E-state index contributed by atoms with van der Waals surface area (Å²) in [5.41, 5.74) is 0. The molecule has 0 spiro atoms. The predicted octanol–water partition coefficient (Wildman–Crippen LogP) is 1.87. The molecule has 0 heterocycles. The minimum Gasteiger partial charge on any atom is -0.385 e. The average molecular weight is 234 g/mol. The van der Waals surface area contributed by atoms with Gasteiger partial charge in [0.15, 0.2) is 0 Å². The van der Waals surface area contributed by atoms with Crippen molar-refractivity contribution in [2.45, 2.75) is 25.7 Å². The molecule has 0 radical (unpaired) electrons. The van der Waals surface area contributed by atoms with Crippen molar-refractivity contribution in [1.29, 1.82) is 0 Å². The fraction of sp³-hybridized carbons (Fsp3) is 1.00. The Morgan fingerprint density at radius 1 is 0.500 bits per heavy atom. The summed E-state index contributed by atoms with van der Waals surface area (Å²) in [7, 11) is 3.42. The predicted molar refractivity (Wildman–Crippen MR) is 63.9 cm³/mol. The molecule has 0 rings (SSSR count). The van der Waals surface area contributed by atoms with Gasteiger partial charge in [0.1, 0.15) is 0 Å². The van der Waals surface area contributed by atoms with Crippen LogP contribution in [0.3, 0.4) is 0 Å². The summed E-state index contributed by atoms with van der Waals surface area (Å²) >= 11 is 0. The summed E-state index contributed by atoms with van der Waals surface area (Å²) in [5.74, 6) is 0. The Hall–Kier alpha value is -0.160. The average Bonchev–Trinajstić information content (AvgIpc) is 2.31. The van der Waals surface area contributed by atoms with Crippen LogP contribution in [0.5, 0.6) is 0 Å². The monoisotopic (exact) mass is 234 g/mol. The van der Waals surface area contributed by atoms with E-state index in [-0.39, 0.29) is 0 Å². The van der Waals surface area contributed by atoms with Gasteiger partial charge in [-0.25, -0.2) is 0 Å². The molecule has 0 N–H and O–H groups in total. The fourth-order valence-corrected chi connectivity index (χ4v) is 1.22. The smallest absolute Gasteiger partial charge is 0.0487 e. The normalized spacial score (nSPS) is 10.9. The molecular formula is C12H26O4. The highest BCUT2D eigenvalue weighted by Gasteiger charge is 1.92. The molecular weight excluding hydrogens is 208 g/mol. The lowest BCUT2D eigenvalue weighted by Crippen LogP contribution is -2.03. The van der Waals surface area contributed by atoms with E-state index in [2.05, 4.69) is 0 Å². The Morgan fingerprint density at radius 3 is 1.25 bits per heavy atom. The number of methoxy groups -OCH3 is 2. The maximum atomic E-state index is 5.43. The van der Waals surface area contributed by atoms with E-state index in [1.807, 2.05) is 0 Å². The zero-order valence-electron chi connectivity index (χ0n) is 10.7. The fourth-order valence-electron chi connectivity index (χ4n) is 1.22. The molecule has 0 unspecified atom stereocenters. The van der Waals surface area contributed by atoms with Crippen LogP contribution >= 0.6 is 0 Å². The summed E-state index contributed by atoms with van der Waals surface area (Å²) in [6.45, 7) is 4.80. The lowest BCUT2D eigenvalue weighted by Gasteiger charge is -2.05. The maximum absolute atomic E-state index is 5.43. The van der Waals surface area contributed by atoms with Crippen molar-refractivity contribution in [3.05, 3.63) is 0 Å². The van der Waals surface area contributed by atoms with E-state index in [9.17, 15) is 0 Å². The van der Waals surface area contributed by atoms with E-state index in [4.69, 9.17) is 18.9 Å². The van der Waals surface area contributed by atoms with Crippen molar-refractivity contribution in [2.24, 2.45) is 0 Å². The first kappa shape index (κ1) is 15.8. The van der Waals surface area contributed by atoms with Gasteiger partial charge in [0, 0.05) is 53.9 Å². The van der Waals surface area contributed by atoms with Crippen LogP contribution in [0, 0.1) is 0 Å². The molecule has 0 aliphatic heterocycles. The second-order valence-corrected chi connectivity index (χ2v) is 3.62. The molecule has 0 aromatic carbocycles. The van der Waals surface area contributed by atoms with Gasteiger partial charge in [0.2, 0.25) is 0 Å². The molecule has 98 valence electrons. The van der Waals surface area contributed by atoms with E-state index in [1.165, 1.54) is 0 Å². The molecule has 0 saturated heterocycles. The van der Waals surface area contributed by atoms with Crippen LogP contribution in [-0.2, 0) is 18.9 Å². The van der Waals surface area contributed by atoms with Gasteiger partial charge in [0.25, 0.3) is 0 Å². The van der Waals surface area contributed by atoms with Gasteiger partial charge in [-0.05, 0) is 25.7 Å². The first-order valence-corrected chi connectivity index (χ1v) is 6.05. The van der Waals surface area contributed by atoms with Gasteiger partial charge >= 0.3 is 0 Å². The first-order chi connectivity index (χ1) is 7.91. The molecule has 0 fully saturated rings. The third kappa shape index (κ3) is 13.8. The van der Waals surface area contributed by atoms with Crippen LogP contribution in [0.25, 0.3) is 0 Å². The number of rotatable bonds is 13. The third-order valence-electron chi connectivity index (χ3n) is 2.10. The second-order valence-electron chi connectivity index (χ2n) is 3.62. The number of hydrogen-bond donors (Lipinski definition) is 0. The van der Waals surface area contributed by atoms with Crippen molar-refractivity contribution in [2.75, 3.05) is 53.9 Å². The molecule has 0 saturated carbocycles. The molecule has 0 aliphatic carbocycles. The summed E-state index contributed by atoms with van der Waals surface area (Å²) in [5, 5.41) is 0. The molecule has 0 aliphatic rings. The second kappa shape index (κ2) is 14.8. The lowest BCUT2D eigenvalue weighted by atomic mass is 10.3. The summed E-state index contributed by atoms with van der Waals surface area (Å²) in [6, 6.07) is 0. The van der Waals surface area contributed by atoms with Crippen molar-refractivity contribution in [3.8, 4) is 0 Å². The Labute approximate surface area is 99.2 Å². The van der Waals surface area contributed by atoms with Crippen LogP contribution in [0.1, 0.15) is 25.7 Å². The van der Waals surface area contributed by atoms with Crippen LogP contribution in [0.2, 0.25) is 0 Å². The minimum atomic E-state index is 0.780. The van der Waals surface area contributed by atoms with Crippen molar-refractivity contribution in [1.82, 2.24) is 0 Å². The van der Waals surface area contributed by atoms with Crippen molar-refractivity contribution in [3.63, 3.8) is 0 Å². The minimum absolute atomic E-state index is 0.780. The van der Waals surface area contributed by atoms with Crippen molar-refractivity contribution < 1.29 is 18.9 Å². The van der Waals surface area contributed by atoms with E-state index in [0.717, 1.165) is 65.3 Å². The summed E-state index contributed by atoms with van der Waals surface area (Å²) < 4.78 is 20.7. The van der Waals surface area contributed by atoms with Crippen LogP contribution in [0.15, 0.2) is 0 Å². The van der Waals surface area contributed by atoms with Gasteiger partial charge in [-0.2, -0.15) is 0 Å². The van der Waals surface area contributed by atoms with E-state index in [1.54, 1.807) is 14.2 Å². The van der Waals surface area contributed by atoms with Crippen LogP contribution < -0.4 is 0 Å². The van der Waals surface area contributed by atoms with Crippen molar-refractivity contribution >= 4 is 0 Å². The van der Waals surface area contributed by atoms with E-state index in [0.29, 0.717) is 0 Å². The molecule has 0 amide bonds. The standard InChI is InChI=1S/C12H26O4/c1-13-7-5-11-15-9-3-4-10-16-12-6-8-14-2/h3-12H2,1-2H3. The largest absolute Gasteiger partial charge is 0.385 e. The maximum Gasteiger partial charge on any atom is 0.0487 e. The highest BCUT2D eigenvalue weighted by molar-refractivity contribution is 4.40. The first-order valence-electron chi connectivity index (χ1n) is 6.05. The van der Waals surface area contributed by atoms with Crippen LogP contribution in [-0.4, -0.2) is 53.9 Å². The lowest BCUT2D eigenvalue weighted by molar-refractivity contribution is 0.0804. The molecule has 0 aromatic heterocycles. The quantitative estimate of drug-likeness (QED) is 0.456.